The third-order valence-electron chi connectivity index (χ3n) is 3.64. The van der Waals surface area contributed by atoms with Gasteiger partial charge in [-0.3, -0.25) is 0 Å². The van der Waals surface area contributed by atoms with Crippen molar-refractivity contribution in [3.05, 3.63) is 69.5 Å². The number of nitrogens with two attached hydrogens (primary N) is 1. The standard InChI is InChI=1S/C17H13BrN2O2/c1-21-10-6-7-12-15(8-10)22-17(20)13(9-19)16(12)11-4-2-3-5-14(11)18/h2-8,16H,20H2,1H3/t16-/m0/s1. The molecular formula is C17H13BrN2O2. The molecule has 0 bridgehead atoms. The molecule has 0 fully saturated rings. The van der Waals surface area contributed by atoms with Gasteiger partial charge in [-0.05, 0) is 17.7 Å². The fourth-order valence-electron chi connectivity index (χ4n) is 2.59. The Bertz CT molecular complexity index is 809. The topological polar surface area (TPSA) is 68.3 Å². The quantitative estimate of drug-likeness (QED) is 0.890. The van der Waals surface area contributed by atoms with E-state index in [0.29, 0.717) is 17.1 Å². The first kappa shape index (κ1) is 14.5. The van der Waals surface area contributed by atoms with Crippen LogP contribution in [0.25, 0.3) is 0 Å². The highest BCUT2D eigenvalue weighted by molar-refractivity contribution is 9.10. The summed E-state index contributed by atoms with van der Waals surface area (Å²) < 4.78 is 11.8. The SMILES string of the molecule is COc1ccc2c(c1)OC(N)=C(C#N)[C@H]2c1ccccc1Br. The lowest BCUT2D eigenvalue weighted by atomic mass is 9.83. The normalized spacial score (nSPS) is 16.5. The van der Waals surface area contributed by atoms with Crippen molar-refractivity contribution in [2.24, 2.45) is 5.73 Å². The van der Waals surface area contributed by atoms with Crippen molar-refractivity contribution < 1.29 is 9.47 Å². The predicted octanol–water partition coefficient (Wildman–Crippen LogP) is 3.68. The van der Waals surface area contributed by atoms with Gasteiger partial charge in [-0.1, -0.05) is 40.2 Å². The summed E-state index contributed by atoms with van der Waals surface area (Å²) in [5.74, 6) is 1.15. The molecule has 4 nitrogen and oxygen atoms in total. The average Bonchev–Trinajstić information content (AvgIpc) is 2.53. The summed E-state index contributed by atoms with van der Waals surface area (Å²) in [6.07, 6.45) is 0. The number of allylic oxidation sites excluding steroid dienone is 1. The van der Waals surface area contributed by atoms with Crippen LogP contribution in [0.5, 0.6) is 11.5 Å². The molecule has 0 aromatic heterocycles. The molecule has 0 amide bonds. The highest BCUT2D eigenvalue weighted by atomic mass is 79.9. The van der Waals surface area contributed by atoms with Crippen LogP contribution in [0.4, 0.5) is 0 Å². The van der Waals surface area contributed by atoms with Crippen LogP contribution in [-0.2, 0) is 0 Å². The van der Waals surface area contributed by atoms with Crippen LogP contribution in [0.2, 0.25) is 0 Å². The van der Waals surface area contributed by atoms with Gasteiger partial charge in [0.05, 0.1) is 13.0 Å². The third-order valence-corrected chi connectivity index (χ3v) is 4.36. The molecule has 1 heterocycles. The molecule has 110 valence electrons. The minimum absolute atomic E-state index is 0.129. The first-order chi connectivity index (χ1) is 10.7. The summed E-state index contributed by atoms with van der Waals surface area (Å²) in [4.78, 5) is 0. The Hall–Kier alpha value is -2.45. The molecule has 3 rings (SSSR count). The van der Waals surface area contributed by atoms with Crippen molar-refractivity contribution in [1.29, 1.82) is 5.26 Å². The minimum Gasteiger partial charge on any atom is -0.497 e. The predicted molar refractivity (Wildman–Crippen MR) is 86.4 cm³/mol. The average molecular weight is 357 g/mol. The molecule has 1 aliphatic heterocycles. The van der Waals surface area contributed by atoms with E-state index in [1.807, 2.05) is 36.4 Å². The van der Waals surface area contributed by atoms with E-state index in [4.69, 9.17) is 15.2 Å². The van der Waals surface area contributed by atoms with Crippen LogP contribution in [0.3, 0.4) is 0 Å². The van der Waals surface area contributed by atoms with E-state index in [9.17, 15) is 5.26 Å². The summed E-state index contributed by atoms with van der Waals surface area (Å²) >= 11 is 3.55. The molecule has 1 atom stereocenters. The molecule has 22 heavy (non-hydrogen) atoms. The Balaban J connectivity index is 2.24. The maximum Gasteiger partial charge on any atom is 0.205 e. The number of nitrogens with zero attached hydrogens (tertiary/aromatic N) is 1. The van der Waals surface area contributed by atoms with Crippen molar-refractivity contribution in [3.63, 3.8) is 0 Å². The van der Waals surface area contributed by atoms with Gasteiger partial charge in [0.1, 0.15) is 23.1 Å². The number of rotatable bonds is 2. The number of methoxy groups -OCH3 is 1. The van der Waals surface area contributed by atoms with E-state index in [2.05, 4.69) is 22.0 Å². The van der Waals surface area contributed by atoms with Crippen molar-refractivity contribution in [3.8, 4) is 17.6 Å². The summed E-state index contributed by atoms with van der Waals surface area (Å²) in [5, 5.41) is 9.50. The fourth-order valence-corrected chi connectivity index (χ4v) is 3.11. The Labute approximate surface area is 136 Å². The fraction of sp³-hybridized carbons (Fsp3) is 0.118. The Morgan fingerprint density at radius 1 is 1.23 bits per heavy atom. The second-order valence-corrected chi connectivity index (χ2v) is 5.70. The van der Waals surface area contributed by atoms with E-state index < -0.39 is 0 Å². The van der Waals surface area contributed by atoms with Gasteiger partial charge in [-0.2, -0.15) is 5.26 Å². The molecule has 2 N–H and O–H groups in total. The molecule has 0 radical (unpaired) electrons. The Morgan fingerprint density at radius 3 is 2.68 bits per heavy atom. The first-order valence-electron chi connectivity index (χ1n) is 6.65. The van der Waals surface area contributed by atoms with Gasteiger partial charge in [0.15, 0.2) is 0 Å². The first-order valence-corrected chi connectivity index (χ1v) is 7.45. The number of nitriles is 1. The van der Waals surface area contributed by atoms with Gasteiger partial charge in [-0.25, -0.2) is 0 Å². The zero-order valence-corrected chi connectivity index (χ0v) is 13.4. The van der Waals surface area contributed by atoms with Gasteiger partial charge in [0.25, 0.3) is 0 Å². The van der Waals surface area contributed by atoms with E-state index in [1.54, 1.807) is 13.2 Å². The maximum absolute atomic E-state index is 9.50. The minimum atomic E-state index is -0.268. The van der Waals surface area contributed by atoms with E-state index in [1.165, 1.54) is 0 Å². The van der Waals surface area contributed by atoms with Crippen molar-refractivity contribution in [2.75, 3.05) is 7.11 Å². The van der Waals surface area contributed by atoms with Gasteiger partial charge < -0.3 is 15.2 Å². The lowest BCUT2D eigenvalue weighted by molar-refractivity contribution is 0.381. The van der Waals surface area contributed by atoms with E-state index in [-0.39, 0.29) is 11.8 Å². The van der Waals surface area contributed by atoms with Crippen LogP contribution < -0.4 is 15.2 Å². The molecule has 2 aromatic rings. The van der Waals surface area contributed by atoms with Gasteiger partial charge in [0.2, 0.25) is 5.88 Å². The Kier molecular flexibility index (Phi) is 3.78. The second kappa shape index (κ2) is 5.74. The number of hydrogen-bond donors (Lipinski definition) is 1. The zero-order valence-electron chi connectivity index (χ0n) is 11.8. The molecule has 1 aliphatic rings. The van der Waals surface area contributed by atoms with Crippen molar-refractivity contribution in [2.45, 2.75) is 5.92 Å². The van der Waals surface area contributed by atoms with Crippen LogP contribution in [0, 0.1) is 11.3 Å². The van der Waals surface area contributed by atoms with E-state index >= 15 is 0 Å². The maximum atomic E-state index is 9.50. The van der Waals surface area contributed by atoms with Crippen LogP contribution in [0.1, 0.15) is 17.0 Å². The van der Waals surface area contributed by atoms with Gasteiger partial charge >= 0.3 is 0 Å². The highest BCUT2D eigenvalue weighted by Gasteiger charge is 2.31. The van der Waals surface area contributed by atoms with Crippen LogP contribution in [0.15, 0.2) is 58.4 Å². The molecule has 0 spiro atoms. The lowest BCUT2D eigenvalue weighted by Gasteiger charge is -2.27. The molecule has 0 saturated heterocycles. The number of hydrogen-bond acceptors (Lipinski definition) is 4. The highest BCUT2D eigenvalue weighted by Crippen LogP contribution is 2.45. The van der Waals surface area contributed by atoms with Crippen LogP contribution >= 0.6 is 15.9 Å². The molecule has 2 aromatic carbocycles. The molecule has 0 unspecified atom stereocenters. The van der Waals surface area contributed by atoms with E-state index in [0.717, 1.165) is 15.6 Å². The molecular weight excluding hydrogens is 344 g/mol. The molecule has 0 saturated carbocycles. The largest absolute Gasteiger partial charge is 0.497 e. The summed E-state index contributed by atoms with van der Waals surface area (Å²) in [7, 11) is 1.59. The molecule has 0 aliphatic carbocycles. The number of benzene rings is 2. The summed E-state index contributed by atoms with van der Waals surface area (Å²) in [6, 6.07) is 15.5. The van der Waals surface area contributed by atoms with Crippen molar-refractivity contribution >= 4 is 15.9 Å². The number of fused-ring (bicyclic) bond motifs is 1. The monoisotopic (exact) mass is 356 g/mol. The Morgan fingerprint density at radius 2 is 2.00 bits per heavy atom. The smallest absolute Gasteiger partial charge is 0.205 e. The lowest BCUT2D eigenvalue weighted by Crippen LogP contribution is -2.21. The number of ether oxygens (including phenoxy) is 2. The summed E-state index contributed by atoms with van der Waals surface area (Å²) in [5.41, 5.74) is 8.22. The zero-order chi connectivity index (χ0) is 15.7. The van der Waals surface area contributed by atoms with Crippen LogP contribution in [-0.4, -0.2) is 7.11 Å². The third kappa shape index (κ3) is 2.32. The number of halogens is 1. The van der Waals surface area contributed by atoms with Crippen molar-refractivity contribution in [1.82, 2.24) is 0 Å². The molecule has 5 heteroatoms. The summed E-state index contributed by atoms with van der Waals surface area (Å²) in [6.45, 7) is 0. The second-order valence-electron chi connectivity index (χ2n) is 4.85. The van der Waals surface area contributed by atoms with Gasteiger partial charge in [-0.15, -0.1) is 0 Å². The van der Waals surface area contributed by atoms with Gasteiger partial charge in [0, 0.05) is 16.1 Å².